The summed E-state index contributed by atoms with van der Waals surface area (Å²) in [5.74, 6) is 0. The lowest BCUT2D eigenvalue weighted by molar-refractivity contribution is 0.361. The maximum Gasteiger partial charge on any atom is 0.422 e. The van der Waals surface area contributed by atoms with Gasteiger partial charge in [-0.15, -0.1) is 4.91 Å². The van der Waals surface area contributed by atoms with Gasteiger partial charge in [0.1, 0.15) is 0 Å². The highest BCUT2D eigenvalue weighted by Gasteiger charge is 1.64. The van der Waals surface area contributed by atoms with Crippen molar-refractivity contribution >= 4 is 8.69 Å². The highest BCUT2D eigenvalue weighted by molar-refractivity contribution is 7.17. The number of hydrogen-bond acceptors (Lipinski definition) is 4. The number of nitrogens with zero attached hydrogens (tertiary/aromatic N) is 1. The van der Waals surface area contributed by atoms with E-state index in [1.807, 2.05) is 0 Å². The fourth-order valence-corrected chi connectivity index (χ4v) is 0.0408. The van der Waals surface area contributed by atoms with Crippen LogP contribution in [0.5, 0.6) is 0 Å². The van der Waals surface area contributed by atoms with Gasteiger partial charge in [-0.2, -0.15) is 0 Å². The Morgan fingerprint density at radius 3 is 2.40 bits per heavy atom. The summed E-state index contributed by atoms with van der Waals surface area (Å²) in [6.07, 6.45) is 0. The van der Waals surface area contributed by atoms with Crippen molar-refractivity contribution in [1.82, 2.24) is 0 Å². The van der Waals surface area contributed by atoms with Gasteiger partial charge in [0.05, 0.1) is 0 Å². The second kappa shape index (κ2) is 3.50. The molecule has 0 fully saturated rings. The zero-order valence-corrected chi connectivity index (χ0v) is 3.01. The highest BCUT2D eigenvalue weighted by atomic mass is 31.1. The van der Waals surface area contributed by atoms with Gasteiger partial charge in [0, 0.05) is 0 Å². The Morgan fingerprint density at radius 2 is 2.40 bits per heavy atom. The maximum absolute atomic E-state index is 8.99. The van der Waals surface area contributed by atoms with E-state index >= 15 is 0 Å². The molecule has 0 saturated carbocycles. The molecule has 4 nitrogen and oxygen atoms in total. The van der Waals surface area contributed by atoms with E-state index in [9.17, 15) is 0 Å². The second-order valence-electron chi connectivity index (χ2n) is 0.231. The Balaban J connectivity index is 2.65. The molecule has 0 atom stereocenters. The van der Waals surface area contributed by atoms with Gasteiger partial charge in [-0.3, -0.25) is 4.62 Å². The fraction of sp³-hybridized carbons (Fsp3) is 0. The van der Waals surface area contributed by atoms with Crippen LogP contribution in [0.25, 0.3) is 0 Å². The van der Waals surface area contributed by atoms with E-state index < -0.39 is 8.69 Å². The topological polar surface area (TPSA) is 55.7 Å². The molecule has 0 spiro atoms. The summed E-state index contributed by atoms with van der Waals surface area (Å²) in [7, 11) is -0.699. The molecule has 0 aliphatic carbocycles. The van der Waals surface area contributed by atoms with Gasteiger partial charge in [-0.25, -0.2) is 4.57 Å². The molecule has 0 aromatic heterocycles. The molecule has 0 bridgehead atoms. The van der Waals surface area contributed by atoms with Crippen LogP contribution in [0.2, 0.25) is 0 Å². The van der Waals surface area contributed by atoms with E-state index in [1.165, 1.54) is 0 Å². The summed E-state index contributed by atoms with van der Waals surface area (Å²) in [6, 6.07) is 0. The van der Waals surface area contributed by atoms with E-state index in [-0.39, 0.29) is 0 Å². The second-order valence-corrected chi connectivity index (χ2v) is 0.543. The maximum atomic E-state index is 8.99. The van der Waals surface area contributed by atoms with Crippen LogP contribution in [0.4, 0.5) is 0 Å². The van der Waals surface area contributed by atoms with Gasteiger partial charge >= 0.3 is 8.69 Å². The Bertz CT molecular complexity index is 36.2. The molecule has 0 unspecified atom stereocenters. The Hall–Kier alpha value is -0.500. The van der Waals surface area contributed by atoms with Crippen molar-refractivity contribution in [2.45, 2.75) is 0 Å². The quantitative estimate of drug-likeness (QED) is 0.289. The van der Waals surface area contributed by atoms with Gasteiger partial charge in [0.15, 0.2) is 5.34 Å². The first-order chi connectivity index (χ1) is 2.41. The minimum Gasteiger partial charge on any atom is -0.260 e. The molecule has 0 aromatic carbocycles. The minimum atomic E-state index is -0.699. The van der Waals surface area contributed by atoms with E-state index in [0.717, 1.165) is 0 Å². The third kappa shape index (κ3) is 3.50. The van der Waals surface area contributed by atoms with Crippen LogP contribution in [0, 0.1) is 4.91 Å². The summed E-state index contributed by atoms with van der Waals surface area (Å²) < 4.78 is 12.3. The van der Waals surface area contributed by atoms with Crippen LogP contribution in [0.1, 0.15) is 0 Å². The zero-order chi connectivity index (χ0) is 4.12. The van der Waals surface area contributed by atoms with E-state index in [0.29, 0.717) is 0 Å². The summed E-state index contributed by atoms with van der Waals surface area (Å²) >= 11 is 0. The molecule has 0 saturated heterocycles. The third-order valence-electron chi connectivity index (χ3n) is 0.0667. The van der Waals surface area contributed by atoms with Crippen molar-refractivity contribution in [2.75, 3.05) is 0 Å². The third-order valence-corrected chi connectivity index (χ3v) is 0.200. The predicted molar refractivity (Wildman–Crippen MR) is 14.5 cm³/mol. The van der Waals surface area contributed by atoms with E-state index in [1.54, 1.807) is 5.34 Å². The summed E-state index contributed by atoms with van der Waals surface area (Å²) in [5, 5.41) is 1.78. The SMILES string of the molecule is O=NOP=O. The molecule has 0 heterocycles. The molecule has 0 aliphatic rings. The predicted octanol–water partition coefficient (Wildman–Crippen LogP) is 0.891. The molecular formula is NO3P. The van der Waals surface area contributed by atoms with Crippen LogP contribution >= 0.6 is 8.69 Å². The zero-order valence-electron chi connectivity index (χ0n) is 2.12. The highest BCUT2D eigenvalue weighted by Crippen LogP contribution is 1.90. The number of hydrogen-bond donors (Lipinski definition) is 0. The molecule has 28 valence electrons. The average Bonchev–Trinajstić information content (AvgIpc) is 1.41. The lowest BCUT2D eigenvalue weighted by Crippen LogP contribution is -1.41. The first-order valence-corrected chi connectivity index (χ1v) is 1.46. The van der Waals surface area contributed by atoms with Crippen molar-refractivity contribution in [3.05, 3.63) is 4.91 Å². The van der Waals surface area contributed by atoms with E-state index in [4.69, 9.17) is 9.47 Å². The molecular weight excluding hydrogens is 93.0 g/mol. The van der Waals surface area contributed by atoms with Crippen LogP contribution in [-0.4, -0.2) is 0 Å². The van der Waals surface area contributed by atoms with Crippen molar-refractivity contribution in [3.63, 3.8) is 0 Å². The van der Waals surface area contributed by atoms with Gasteiger partial charge in [0.25, 0.3) is 0 Å². The number of rotatable bonds is 2. The Labute approximate surface area is 29.3 Å². The van der Waals surface area contributed by atoms with Crippen molar-refractivity contribution in [2.24, 2.45) is 5.34 Å². The fourth-order valence-electron chi connectivity index (χ4n) is 0.0136. The van der Waals surface area contributed by atoms with E-state index in [2.05, 4.69) is 4.62 Å². The average molecular weight is 93.0 g/mol. The molecule has 0 amide bonds. The summed E-state index contributed by atoms with van der Waals surface area (Å²) in [5.41, 5.74) is 0. The van der Waals surface area contributed by atoms with Gasteiger partial charge in [0.2, 0.25) is 0 Å². The van der Waals surface area contributed by atoms with Gasteiger partial charge in [-0.1, -0.05) is 0 Å². The van der Waals surface area contributed by atoms with Crippen LogP contribution in [-0.2, 0) is 9.19 Å². The first kappa shape index (κ1) is 4.50. The molecule has 0 aromatic rings. The van der Waals surface area contributed by atoms with Gasteiger partial charge < -0.3 is 0 Å². The molecule has 0 radical (unpaired) electrons. The van der Waals surface area contributed by atoms with Gasteiger partial charge in [-0.05, 0) is 0 Å². The molecule has 0 rings (SSSR count). The van der Waals surface area contributed by atoms with Crippen LogP contribution in [0.15, 0.2) is 5.34 Å². The summed E-state index contributed by atoms with van der Waals surface area (Å²) in [6.45, 7) is 0. The molecule has 5 heteroatoms. The van der Waals surface area contributed by atoms with Crippen molar-refractivity contribution < 1.29 is 9.19 Å². The van der Waals surface area contributed by atoms with Crippen LogP contribution in [0.3, 0.4) is 0 Å². The van der Waals surface area contributed by atoms with Crippen molar-refractivity contribution in [1.29, 1.82) is 0 Å². The largest absolute Gasteiger partial charge is 0.422 e. The molecule has 0 N–H and O–H groups in total. The summed E-state index contributed by atoms with van der Waals surface area (Å²) in [4.78, 5) is 8.73. The lowest BCUT2D eigenvalue weighted by Gasteiger charge is -1.58. The normalized spacial score (nSPS) is 7.20. The monoisotopic (exact) mass is 93.0 g/mol. The Morgan fingerprint density at radius 1 is 1.80 bits per heavy atom. The lowest BCUT2D eigenvalue weighted by atomic mass is 13.4. The van der Waals surface area contributed by atoms with Crippen molar-refractivity contribution in [3.8, 4) is 0 Å². The molecule has 0 aliphatic heterocycles. The standard InChI is InChI=1S/NO3P/c2-1-4-5-3. The Kier molecular flexibility index (Phi) is 3.15. The first-order valence-electron chi connectivity index (χ1n) is 0.730. The van der Waals surface area contributed by atoms with Crippen LogP contribution < -0.4 is 0 Å². The molecule has 5 heavy (non-hydrogen) atoms. The smallest absolute Gasteiger partial charge is 0.260 e. The minimum absolute atomic E-state index is 0.699.